The summed E-state index contributed by atoms with van der Waals surface area (Å²) in [6, 6.07) is 5.79. The van der Waals surface area contributed by atoms with E-state index in [1.54, 1.807) is 7.11 Å². The van der Waals surface area contributed by atoms with E-state index in [1.165, 1.54) is 11.3 Å². The van der Waals surface area contributed by atoms with Gasteiger partial charge in [0.15, 0.2) is 5.78 Å². The molecule has 0 bridgehead atoms. The van der Waals surface area contributed by atoms with Crippen LogP contribution in [0.25, 0.3) is 10.6 Å². The van der Waals surface area contributed by atoms with Gasteiger partial charge >= 0.3 is 0 Å². The van der Waals surface area contributed by atoms with Gasteiger partial charge in [0, 0.05) is 16.5 Å². The SMILES string of the molecule is COc1ccc(Br)c(-c2nc3c(s2)C(=O)CC(C)(C)C3)c1. The molecule has 0 spiro atoms. The molecule has 0 saturated carbocycles. The molecule has 3 nitrogen and oxygen atoms in total. The Bertz CT molecular complexity index is 721. The van der Waals surface area contributed by atoms with Crippen LogP contribution in [-0.2, 0) is 6.42 Å². The number of hydrogen-bond acceptors (Lipinski definition) is 4. The van der Waals surface area contributed by atoms with Crippen molar-refractivity contribution in [2.45, 2.75) is 26.7 Å². The Balaban J connectivity index is 2.08. The second-order valence-electron chi connectivity index (χ2n) is 6.08. The van der Waals surface area contributed by atoms with Crippen molar-refractivity contribution in [2.24, 2.45) is 5.41 Å². The number of aromatic nitrogens is 1. The first-order valence-electron chi connectivity index (χ1n) is 6.76. The Morgan fingerprint density at radius 3 is 2.81 bits per heavy atom. The van der Waals surface area contributed by atoms with Crippen LogP contribution in [0.2, 0.25) is 0 Å². The number of ketones is 1. The van der Waals surface area contributed by atoms with Gasteiger partial charge in [-0.3, -0.25) is 4.79 Å². The largest absolute Gasteiger partial charge is 0.497 e. The molecular weight excluding hydrogens is 350 g/mol. The molecule has 0 amide bonds. The molecule has 0 fully saturated rings. The summed E-state index contributed by atoms with van der Waals surface area (Å²) in [5.41, 5.74) is 1.91. The molecule has 1 aromatic carbocycles. The first-order chi connectivity index (χ1) is 9.89. The minimum atomic E-state index is 0.00103. The predicted molar refractivity (Wildman–Crippen MR) is 88.2 cm³/mol. The predicted octanol–water partition coefficient (Wildman–Crippen LogP) is 4.74. The summed E-state index contributed by atoms with van der Waals surface area (Å²) < 4.78 is 6.24. The second-order valence-corrected chi connectivity index (χ2v) is 7.93. The molecule has 0 aliphatic heterocycles. The number of rotatable bonds is 2. The van der Waals surface area contributed by atoms with E-state index in [0.29, 0.717) is 6.42 Å². The summed E-state index contributed by atoms with van der Waals surface area (Å²) >= 11 is 5.04. The zero-order valence-corrected chi connectivity index (χ0v) is 14.6. The molecule has 0 radical (unpaired) electrons. The first-order valence-corrected chi connectivity index (χ1v) is 8.37. The normalized spacial score (nSPS) is 16.7. The van der Waals surface area contributed by atoms with Crippen LogP contribution in [0.15, 0.2) is 22.7 Å². The van der Waals surface area contributed by atoms with E-state index in [9.17, 15) is 4.79 Å². The zero-order valence-electron chi connectivity index (χ0n) is 12.2. The zero-order chi connectivity index (χ0) is 15.2. The fourth-order valence-electron chi connectivity index (χ4n) is 2.63. The van der Waals surface area contributed by atoms with Gasteiger partial charge in [-0.05, 0) is 30.0 Å². The summed E-state index contributed by atoms with van der Waals surface area (Å²) in [5.74, 6) is 0.997. The highest BCUT2D eigenvalue weighted by atomic mass is 79.9. The number of carbonyl (C=O) groups is 1. The molecular formula is C16H16BrNO2S. The number of hydrogen-bond donors (Lipinski definition) is 0. The molecule has 0 N–H and O–H groups in total. The molecule has 21 heavy (non-hydrogen) atoms. The van der Waals surface area contributed by atoms with Crippen LogP contribution in [0.3, 0.4) is 0 Å². The van der Waals surface area contributed by atoms with Crippen molar-refractivity contribution in [2.75, 3.05) is 7.11 Å². The van der Waals surface area contributed by atoms with E-state index < -0.39 is 0 Å². The molecule has 0 atom stereocenters. The van der Waals surface area contributed by atoms with Crippen molar-refractivity contribution in [3.05, 3.63) is 33.2 Å². The van der Waals surface area contributed by atoms with Crippen LogP contribution in [0.5, 0.6) is 5.75 Å². The maximum absolute atomic E-state index is 12.3. The lowest BCUT2D eigenvalue weighted by molar-refractivity contribution is 0.0916. The van der Waals surface area contributed by atoms with E-state index >= 15 is 0 Å². The summed E-state index contributed by atoms with van der Waals surface area (Å²) in [6.45, 7) is 4.24. The van der Waals surface area contributed by atoms with Gasteiger partial charge in [-0.15, -0.1) is 11.3 Å². The lowest BCUT2D eigenvalue weighted by atomic mass is 9.78. The maximum Gasteiger partial charge on any atom is 0.175 e. The topological polar surface area (TPSA) is 39.2 Å². The number of nitrogens with zero attached hydrogens (tertiary/aromatic N) is 1. The van der Waals surface area contributed by atoms with Crippen LogP contribution in [0, 0.1) is 5.41 Å². The van der Waals surface area contributed by atoms with E-state index in [4.69, 9.17) is 9.72 Å². The van der Waals surface area contributed by atoms with E-state index in [2.05, 4.69) is 29.8 Å². The molecule has 1 aromatic heterocycles. The van der Waals surface area contributed by atoms with Crippen LogP contribution < -0.4 is 4.74 Å². The molecule has 3 rings (SSSR count). The Morgan fingerprint density at radius 2 is 2.10 bits per heavy atom. The van der Waals surface area contributed by atoms with Crippen LogP contribution in [0.1, 0.15) is 35.6 Å². The lowest BCUT2D eigenvalue weighted by Crippen LogP contribution is -2.25. The number of benzene rings is 1. The summed E-state index contributed by atoms with van der Waals surface area (Å²) in [7, 11) is 1.64. The van der Waals surface area contributed by atoms with Gasteiger partial charge in [0.25, 0.3) is 0 Å². The second kappa shape index (κ2) is 5.21. The van der Waals surface area contributed by atoms with Crippen LogP contribution in [0.4, 0.5) is 0 Å². The molecule has 1 aliphatic rings. The summed E-state index contributed by atoms with van der Waals surface area (Å²) in [6.07, 6.45) is 1.45. The quantitative estimate of drug-likeness (QED) is 0.771. The Kier molecular flexibility index (Phi) is 3.66. The van der Waals surface area contributed by atoms with Gasteiger partial charge < -0.3 is 4.74 Å². The number of carbonyl (C=O) groups excluding carboxylic acids is 1. The van der Waals surface area contributed by atoms with E-state index in [-0.39, 0.29) is 11.2 Å². The van der Waals surface area contributed by atoms with E-state index in [1.807, 2.05) is 18.2 Å². The smallest absolute Gasteiger partial charge is 0.175 e. The van der Waals surface area contributed by atoms with Gasteiger partial charge in [-0.1, -0.05) is 29.8 Å². The fraction of sp³-hybridized carbons (Fsp3) is 0.375. The van der Waals surface area contributed by atoms with Crippen molar-refractivity contribution < 1.29 is 9.53 Å². The minimum absolute atomic E-state index is 0.00103. The van der Waals surface area contributed by atoms with Gasteiger partial charge in [-0.25, -0.2) is 4.98 Å². The Hall–Kier alpha value is -1.20. The highest BCUT2D eigenvalue weighted by Gasteiger charge is 2.34. The van der Waals surface area contributed by atoms with Crippen LogP contribution >= 0.6 is 27.3 Å². The number of fused-ring (bicyclic) bond motifs is 1. The fourth-order valence-corrected chi connectivity index (χ4v) is 4.25. The molecule has 1 aliphatic carbocycles. The molecule has 1 heterocycles. The Morgan fingerprint density at radius 1 is 1.33 bits per heavy atom. The average molecular weight is 366 g/mol. The van der Waals surface area contributed by atoms with Gasteiger partial charge in [0.05, 0.1) is 17.7 Å². The van der Waals surface area contributed by atoms with Crippen molar-refractivity contribution in [1.82, 2.24) is 4.98 Å². The summed E-state index contributed by atoms with van der Waals surface area (Å²) in [5, 5.41) is 0.872. The van der Waals surface area contributed by atoms with E-state index in [0.717, 1.165) is 37.8 Å². The first kappa shape index (κ1) is 14.7. The molecule has 5 heteroatoms. The maximum atomic E-state index is 12.3. The van der Waals surface area contributed by atoms with Gasteiger partial charge in [0.1, 0.15) is 10.8 Å². The molecule has 0 unspecified atom stereocenters. The molecule has 0 saturated heterocycles. The highest BCUT2D eigenvalue weighted by Crippen LogP contribution is 2.41. The van der Waals surface area contributed by atoms with Gasteiger partial charge in [-0.2, -0.15) is 0 Å². The molecule has 2 aromatic rings. The number of halogens is 1. The monoisotopic (exact) mass is 365 g/mol. The minimum Gasteiger partial charge on any atom is -0.497 e. The number of thiazole rings is 1. The average Bonchev–Trinajstić information content (AvgIpc) is 2.81. The third-order valence-electron chi connectivity index (χ3n) is 3.64. The number of ether oxygens (including phenoxy) is 1. The van der Waals surface area contributed by atoms with Crippen molar-refractivity contribution in [3.63, 3.8) is 0 Å². The van der Waals surface area contributed by atoms with Crippen molar-refractivity contribution in [3.8, 4) is 16.3 Å². The third-order valence-corrected chi connectivity index (χ3v) is 5.50. The third kappa shape index (κ3) is 2.77. The number of Topliss-reactive ketones (excluding diaryl/α,β-unsaturated/α-hetero) is 1. The summed E-state index contributed by atoms with van der Waals surface area (Å²) in [4.78, 5) is 17.8. The molecule has 110 valence electrons. The van der Waals surface area contributed by atoms with Gasteiger partial charge in [0.2, 0.25) is 0 Å². The standard InChI is InChI=1S/C16H16BrNO2S/c1-16(2)7-12-14(13(19)8-16)21-15(18-12)10-6-9(20-3)4-5-11(10)17/h4-6H,7-8H2,1-3H3. The van der Waals surface area contributed by atoms with Crippen molar-refractivity contribution >= 4 is 33.0 Å². The lowest BCUT2D eigenvalue weighted by Gasteiger charge is -2.26. The Labute approximate surface area is 136 Å². The number of methoxy groups -OCH3 is 1. The van der Waals surface area contributed by atoms with Crippen LogP contribution in [-0.4, -0.2) is 17.9 Å². The van der Waals surface area contributed by atoms with Crippen molar-refractivity contribution in [1.29, 1.82) is 0 Å². The highest BCUT2D eigenvalue weighted by molar-refractivity contribution is 9.10.